The third-order valence-corrected chi connectivity index (χ3v) is 7.63. The van der Waals surface area contributed by atoms with E-state index >= 15 is 0 Å². The van der Waals surface area contributed by atoms with E-state index in [2.05, 4.69) is 13.0 Å². The highest BCUT2D eigenvalue weighted by Gasteiger charge is 2.44. The second-order valence-electron chi connectivity index (χ2n) is 11.0. The van der Waals surface area contributed by atoms with Crippen molar-refractivity contribution in [2.24, 2.45) is 29.1 Å². The number of hydrogen-bond donors (Lipinski definition) is 3. The van der Waals surface area contributed by atoms with Gasteiger partial charge in [0.2, 0.25) is 5.91 Å². The van der Waals surface area contributed by atoms with E-state index < -0.39 is 36.1 Å². The van der Waals surface area contributed by atoms with Crippen LogP contribution in [0, 0.1) is 29.1 Å². The molecule has 0 heterocycles. The highest BCUT2D eigenvalue weighted by molar-refractivity contribution is 5.81. The number of rotatable bonds is 11. The van der Waals surface area contributed by atoms with Crippen LogP contribution in [0.2, 0.25) is 0 Å². The van der Waals surface area contributed by atoms with Crippen molar-refractivity contribution in [2.45, 2.75) is 84.5 Å². The van der Waals surface area contributed by atoms with Crippen LogP contribution >= 0.6 is 0 Å². The molecule has 0 spiro atoms. The maximum atomic E-state index is 13.0. The normalized spacial score (nSPS) is 27.9. The SMILES string of the molecule is CCC(C)(C)C(=O)O[C@H]1C[C@H](C(=O)N(C)C)C=C2C=C[C@H](C)[C@H](CC[C@@H](O)C[C@@H](O)CC(=O)O)[C@H]21. The fourth-order valence-corrected chi connectivity index (χ4v) is 5.06. The van der Waals surface area contributed by atoms with E-state index in [0.717, 1.165) is 5.57 Å². The Morgan fingerprint density at radius 2 is 1.86 bits per heavy atom. The maximum absolute atomic E-state index is 13.0. The minimum atomic E-state index is -1.10. The molecule has 0 aliphatic heterocycles. The van der Waals surface area contributed by atoms with E-state index in [-0.39, 0.29) is 42.0 Å². The number of hydrogen-bond acceptors (Lipinski definition) is 6. The van der Waals surface area contributed by atoms with Gasteiger partial charge in [0, 0.05) is 26.4 Å². The lowest BCUT2D eigenvalue weighted by Gasteiger charge is -2.44. The number of aliphatic carboxylic acids is 1. The number of allylic oxidation sites excluding steroid dienone is 2. The first-order valence-corrected chi connectivity index (χ1v) is 12.7. The molecule has 0 unspecified atom stereocenters. The summed E-state index contributed by atoms with van der Waals surface area (Å²) < 4.78 is 6.12. The Morgan fingerprint density at radius 1 is 1.20 bits per heavy atom. The molecule has 2 aliphatic rings. The van der Waals surface area contributed by atoms with Crippen LogP contribution in [-0.2, 0) is 19.1 Å². The highest BCUT2D eigenvalue weighted by Crippen LogP contribution is 2.45. The molecule has 0 radical (unpaired) electrons. The Kier molecular flexibility index (Phi) is 10.1. The van der Waals surface area contributed by atoms with Crippen molar-refractivity contribution in [2.75, 3.05) is 14.1 Å². The molecule has 0 aromatic rings. The molecule has 1 amide bonds. The Morgan fingerprint density at radius 3 is 2.43 bits per heavy atom. The molecule has 0 bridgehead atoms. The maximum Gasteiger partial charge on any atom is 0.311 e. The number of fused-ring (bicyclic) bond motifs is 1. The van der Waals surface area contributed by atoms with Crippen LogP contribution in [0.4, 0.5) is 0 Å². The number of amides is 1. The van der Waals surface area contributed by atoms with Crippen molar-refractivity contribution in [1.82, 2.24) is 4.90 Å². The molecule has 2 aliphatic carbocycles. The summed E-state index contributed by atoms with van der Waals surface area (Å²) in [6.45, 7) is 7.75. The van der Waals surface area contributed by atoms with Gasteiger partial charge >= 0.3 is 11.9 Å². The van der Waals surface area contributed by atoms with Crippen molar-refractivity contribution in [3.8, 4) is 0 Å². The van der Waals surface area contributed by atoms with Gasteiger partial charge in [-0.2, -0.15) is 0 Å². The number of carboxylic acid groups (broad SMARTS) is 1. The lowest BCUT2D eigenvalue weighted by molar-refractivity contribution is -0.165. The number of carboxylic acids is 1. The second-order valence-corrected chi connectivity index (χ2v) is 11.0. The van der Waals surface area contributed by atoms with Crippen LogP contribution < -0.4 is 0 Å². The number of esters is 1. The summed E-state index contributed by atoms with van der Waals surface area (Å²) >= 11 is 0. The van der Waals surface area contributed by atoms with E-state index in [9.17, 15) is 24.6 Å². The number of carbonyl (C=O) groups excluding carboxylic acids is 2. The Balaban J connectivity index is 2.27. The molecule has 2 rings (SSSR count). The first kappa shape index (κ1) is 29.0. The average molecular weight is 494 g/mol. The fourth-order valence-electron chi connectivity index (χ4n) is 5.06. The van der Waals surface area contributed by atoms with Crippen LogP contribution in [0.3, 0.4) is 0 Å². The van der Waals surface area contributed by atoms with Crippen molar-refractivity contribution in [3.05, 3.63) is 23.8 Å². The molecule has 8 heteroatoms. The molecule has 0 saturated carbocycles. The summed E-state index contributed by atoms with van der Waals surface area (Å²) in [6, 6.07) is 0. The zero-order valence-electron chi connectivity index (χ0n) is 21.9. The van der Waals surface area contributed by atoms with E-state index in [1.807, 2.05) is 32.9 Å². The Hall–Kier alpha value is -2.19. The number of carbonyl (C=O) groups is 3. The number of ether oxygens (including phenoxy) is 1. The molecule has 3 N–H and O–H groups in total. The molecular formula is C27H43NO7. The van der Waals surface area contributed by atoms with Gasteiger partial charge in [-0.1, -0.05) is 32.1 Å². The van der Waals surface area contributed by atoms with Crippen LogP contribution in [0.1, 0.15) is 66.2 Å². The minimum absolute atomic E-state index is 0.000875. The first-order valence-electron chi connectivity index (χ1n) is 12.7. The summed E-state index contributed by atoms with van der Waals surface area (Å²) in [4.78, 5) is 38.2. The van der Waals surface area contributed by atoms with Crippen molar-refractivity contribution in [3.63, 3.8) is 0 Å². The van der Waals surface area contributed by atoms with Gasteiger partial charge in [0.15, 0.2) is 0 Å². The zero-order valence-corrected chi connectivity index (χ0v) is 21.9. The van der Waals surface area contributed by atoms with Crippen LogP contribution in [-0.4, -0.2) is 70.5 Å². The Labute approximate surface area is 209 Å². The topological polar surface area (TPSA) is 124 Å². The summed E-state index contributed by atoms with van der Waals surface area (Å²) in [5.41, 5.74) is 0.344. The molecule has 8 nitrogen and oxygen atoms in total. The van der Waals surface area contributed by atoms with Gasteiger partial charge in [0.25, 0.3) is 0 Å². The predicted octanol–water partition coefficient (Wildman–Crippen LogP) is 3.17. The van der Waals surface area contributed by atoms with Gasteiger partial charge in [-0.05, 0) is 56.9 Å². The van der Waals surface area contributed by atoms with Crippen LogP contribution in [0.5, 0.6) is 0 Å². The predicted molar refractivity (Wildman–Crippen MR) is 132 cm³/mol. The zero-order chi connectivity index (χ0) is 26.5. The average Bonchev–Trinajstić information content (AvgIpc) is 2.76. The van der Waals surface area contributed by atoms with E-state index in [1.165, 1.54) is 0 Å². The molecule has 0 saturated heterocycles. The van der Waals surface area contributed by atoms with Crippen LogP contribution in [0.15, 0.2) is 23.8 Å². The minimum Gasteiger partial charge on any atom is -0.481 e. The second kappa shape index (κ2) is 12.2. The van der Waals surface area contributed by atoms with Crippen LogP contribution in [0.25, 0.3) is 0 Å². The van der Waals surface area contributed by atoms with Gasteiger partial charge in [-0.25, -0.2) is 0 Å². The standard InChI is InChI=1S/C27H43NO7/c1-7-27(3,4)26(34)35-22-13-18(25(33)28(5)6)12-17-9-8-16(2)21(24(17)22)11-10-19(29)14-20(30)15-23(31)32/h8-9,12,16,18-22,24,29-30H,7,10-11,13-15H2,1-6H3,(H,31,32)/t16-,18+,19+,20+,21-,22-,24-/m0/s1. The van der Waals surface area contributed by atoms with E-state index in [4.69, 9.17) is 9.84 Å². The summed E-state index contributed by atoms with van der Waals surface area (Å²) in [7, 11) is 3.44. The number of nitrogens with zero attached hydrogens (tertiary/aromatic N) is 1. The van der Waals surface area contributed by atoms with Crippen molar-refractivity contribution < 1.29 is 34.4 Å². The largest absolute Gasteiger partial charge is 0.481 e. The molecule has 7 atom stereocenters. The summed E-state index contributed by atoms with van der Waals surface area (Å²) in [5, 5.41) is 29.2. The third-order valence-electron chi connectivity index (χ3n) is 7.63. The number of aliphatic hydroxyl groups excluding tert-OH is 2. The first-order chi connectivity index (χ1) is 16.3. The smallest absolute Gasteiger partial charge is 0.311 e. The molecule has 0 aromatic heterocycles. The van der Waals surface area contributed by atoms with Crippen molar-refractivity contribution >= 4 is 17.8 Å². The van der Waals surface area contributed by atoms with Gasteiger partial charge in [-0.15, -0.1) is 0 Å². The molecule has 0 fully saturated rings. The highest BCUT2D eigenvalue weighted by atomic mass is 16.5. The number of aliphatic hydroxyl groups is 2. The molecule has 198 valence electrons. The summed E-state index contributed by atoms with van der Waals surface area (Å²) in [6.07, 6.45) is 5.37. The lowest BCUT2D eigenvalue weighted by Crippen LogP contribution is -2.45. The monoisotopic (exact) mass is 493 g/mol. The molecule has 0 aromatic carbocycles. The molecule has 35 heavy (non-hydrogen) atoms. The lowest BCUT2D eigenvalue weighted by atomic mass is 9.65. The van der Waals surface area contributed by atoms with Gasteiger partial charge < -0.3 is 25.0 Å². The third kappa shape index (κ3) is 7.64. The quantitative estimate of drug-likeness (QED) is 0.378. The molecular weight excluding hydrogens is 450 g/mol. The van der Waals surface area contributed by atoms with E-state index in [0.29, 0.717) is 25.7 Å². The van der Waals surface area contributed by atoms with Gasteiger partial charge in [0.05, 0.1) is 30.0 Å². The summed E-state index contributed by atoms with van der Waals surface area (Å²) in [5.74, 6) is -1.67. The van der Waals surface area contributed by atoms with E-state index in [1.54, 1.807) is 19.0 Å². The van der Waals surface area contributed by atoms with Gasteiger partial charge in [0.1, 0.15) is 6.10 Å². The Bertz CT molecular complexity index is 831. The van der Waals surface area contributed by atoms with Gasteiger partial charge in [-0.3, -0.25) is 14.4 Å². The fraction of sp³-hybridized carbons (Fsp3) is 0.741. The van der Waals surface area contributed by atoms with Crippen molar-refractivity contribution in [1.29, 1.82) is 0 Å².